The Hall–Kier alpha value is -0.316. The molecule has 6 nitrogen and oxygen atoms in total. The summed E-state index contributed by atoms with van der Waals surface area (Å²) in [5.41, 5.74) is 2.18. The van der Waals surface area contributed by atoms with Crippen LogP contribution >= 0.6 is 31.4 Å². The molecule has 0 aromatic heterocycles. The van der Waals surface area contributed by atoms with Crippen molar-refractivity contribution >= 4 is 59.4 Å². The largest absolute Gasteiger partial charge is 0.536 e. The molecule has 31 heavy (non-hydrogen) atoms. The van der Waals surface area contributed by atoms with Gasteiger partial charge in [-0.05, 0) is 80.7 Å². The summed E-state index contributed by atoms with van der Waals surface area (Å²) in [6.45, 7) is 4.10. The number of benzene rings is 2. The lowest BCUT2D eigenvalue weighted by atomic mass is 10.2. The highest BCUT2D eigenvalue weighted by Gasteiger charge is 2.42. The predicted molar refractivity (Wildman–Crippen MR) is 134 cm³/mol. The van der Waals surface area contributed by atoms with Crippen molar-refractivity contribution in [2.75, 3.05) is 42.7 Å². The van der Waals surface area contributed by atoms with Gasteiger partial charge < -0.3 is 26.6 Å². The maximum absolute atomic E-state index is 5.61. The molecule has 2 aromatic rings. The van der Waals surface area contributed by atoms with Crippen LogP contribution in [-0.4, -0.2) is 60.3 Å². The molecule has 0 fully saturated rings. The van der Waals surface area contributed by atoms with Crippen LogP contribution in [-0.2, 0) is 26.6 Å². The standard InChI is InChI=1S/C20H30O6S3Si2/c1-15-13-17(9-11-19(15)30(21-3,22-4)23-5)27-29-28-18-10-12-20(16(2)14-18)31(24-6,25-7)26-8/h9-14H,1-8H3. The van der Waals surface area contributed by atoms with Crippen molar-refractivity contribution in [1.82, 2.24) is 0 Å². The molecule has 0 aliphatic rings. The average Bonchev–Trinajstić information content (AvgIpc) is 2.79. The van der Waals surface area contributed by atoms with E-state index in [2.05, 4.69) is 38.1 Å². The Morgan fingerprint density at radius 1 is 0.548 bits per heavy atom. The second-order valence-electron chi connectivity index (χ2n) is 6.53. The molecule has 0 spiro atoms. The lowest BCUT2D eigenvalue weighted by Gasteiger charge is -2.26. The zero-order valence-corrected chi connectivity index (χ0v) is 23.6. The van der Waals surface area contributed by atoms with E-state index in [9.17, 15) is 0 Å². The van der Waals surface area contributed by atoms with E-state index in [1.54, 1.807) is 74.1 Å². The number of hydrogen-bond acceptors (Lipinski definition) is 9. The topological polar surface area (TPSA) is 55.4 Å². The third-order valence-corrected chi connectivity index (χ3v) is 14.4. The van der Waals surface area contributed by atoms with Crippen molar-refractivity contribution in [3.8, 4) is 0 Å². The van der Waals surface area contributed by atoms with Crippen LogP contribution < -0.4 is 10.4 Å². The van der Waals surface area contributed by atoms with E-state index >= 15 is 0 Å². The molecular formula is C20H30O6S3Si2. The Balaban J connectivity index is 2.07. The molecule has 11 heteroatoms. The van der Waals surface area contributed by atoms with E-state index < -0.39 is 17.6 Å². The fourth-order valence-corrected chi connectivity index (χ4v) is 11.1. The third kappa shape index (κ3) is 5.98. The van der Waals surface area contributed by atoms with Crippen molar-refractivity contribution in [3.05, 3.63) is 47.5 Å². The lowest BCUT2D eigenvalue weighted by molar-refractivity contribution is 0.139. The van der Waals surface area contributed by atoms with Gasteiger partial charge in [-0.3, -0.25) is 0 Å². The van der Waals surface area contributed by atoms with E-state index in [0.717, 1.165) is 31.3 Å². The Labute approximate surface area is 199 Å². The van der Waals surface area contributed by atoms with E-state index in [1.807, 2.05) is 12.1 Å². The van der Waals surface area contributed by atoms with Gasteiger partial charge in [-0.1, -0.05) is 12.1 Å². The van der Waals surface area contributed by atoms with E-state index in [-0.39, 0.29) is 0 Å². The Kier molecular flexibility index (Phi) is 10.6. The van der Waals surface area contributed by atoms with Crippen LogP contribution in [0.25, 0.3) is 0 Å². The van der Waals surface area contributed by atoms with E-state index in [4.69, 9.17) is 26.6 Å². The highest BCUT2D eigenvalue weighted by atomic mass is 33.5. The molecule has 0 N–H and O–H groups in total. The second-order valence-corrected chi connectivity index (χ2v) is 16.3. The summed E-state index contributed by atoms with van der Waals surface area (Å²) < 4.78 is 33.6. The quantitative estimate of drug-likeness (QED) is 0.307. The number of hydrogen-bond donors (Lipinski definition) is 0. The summed E-state index contributed by atoms with van der Waals surface area (Å²) >= 11 is 0. The fraction of sp³-hybridized carbons (Fsp3) is 0.400. The number of aryl methyl sites for hydroxylation is 2. The monoisotopic (exact) mass is 518 g/mol. The van der Waals surface area contributed by atoms with Crippen LogP contribution in [0.4, 0.5) is 0 Å². The molecule has 0 unspecified atom stereocenters. The summed E-state index contributed by atoms with van der Waals surface area (Å²) in [5.74, 6) is 0. The summed E-state index contributed by atoms with van der Waals surface area (Å²) in [6.07, 6.45) is 0. The van der Waals surface area contributed by atoms with Crippen LogP contribution in [0.15, 0.2) is 46.2 Å². The SMILES string of the molecule is CO[Si](OC)(OC)c1ccc(SSSc2ccc([Si](OC)(OC)OC)c(C)c2)cc1C. The molecule has 0 saturated carbocycles. The normalized spacial score (nSPS) is 12.4. The van der Waals surface area contributed by atoms with Crippen LogP contribution in [0.2, 0.25) is 0 Å². The van der Waals surface area contributed by atoms with Crippen LogP contribution in [0.1, 0.15) is 11.1 Å². The fourth-order valence-electron chi connectivity index (χ4n) is 3.32. The molecule has 172 valence electrons. The molecule has 0 heterocycles. The average molecular weight is 519 g/mol. The van der Waals surface area contributed by atoms with Gasteiger partial charge in [0, 0.05) is 62.8 Å². The molecule has 0 aliphatic carbocycles. The van der Waals surface area contributed by atoms with Gasteiger partial charge in [0.25, 0.3) is 0 Å². The zero-order valence-electron chi connectivity index (χ0n) is 19.1. The van der Waals surface area contributed by atoms with E-state index in [0.29, 0.717) is 0 Å². The minimum absolute atomic E-state index is 0.982. The molecule has 0 aliphatic heterocycles. The van der Waals surface area contributed by atoms with Crippen molar-refractivity contribution < 1.29 is 26.6 Å². The highest BCUT2D eigenvalue weighted by molar-refractivity contribution is 9.09. The Bertz CT molecular complexity index is 777. The van der Waals surface area contributed by atoms with Gasteiger partial charge in [0.05, 0.1) is 0 Å². The van der Waals surface area contributed by atoms with Gasteiger partial charge in [0.1, 0.15) is 0 Å². The molecule has 0 bridgehead atoms. The molecule has 2 aromatic carbocycles. The molecule has 0 amide bonds. The molecular weight excluding hydrogens is 489 g/mol. The first-order valence-corrected chi connectivity index (χ1v) is 16.3. The van der Waals surface area contributed by atoms with Gasteiger partial charge in [-0.2, -0.15) is 0 Å². The van der Waals surface area contributed by atoms with Crippen molar-refractivity contribution in [2.45, 2.75) is 23.6 Å². The molecule has 0 saturated heterocycles. The summed E-state index contributed by atoms with van der Waals surface area (Å²) in [7, 11) is 9.21. The number of rotatable bonds is 12. The third-order valence-electron chi connectivity index (χ3n) is 4.93. The van der Waals surface area contributed by atoms with Crippen LogP contribution in [0, 0.1) is 13.8 Å². The van der Waals surface area contributed by atoms with Gasteiger partial charge in [0.15, 0.2) is 0 Å². The minimum atomic E-state index is -2.83. The zero-order chi connectivity index (χ0) is 23.1. The molecule has 0 radical (unpaired) electrons. The summed E-state index contributed by atoms with van der Waals surface area (Å²) in [5, 5.41) is 1.96. The van der Waals surface area contributed by atoms with Crippen molar-refractivity contribution in [1.29, 1.82) is 0 Å². The maximum Gasteiger partial charge on any atom is 0.536 e. The lowest BCUT2D eigenvalue weighted by Crippen LogP contribution is -2.55. The summed E-state index contributed by atoms with van der Waals surface area (Å²) in [4.78, 5) is 2.31. The predicted octanol–water partition coefficient (Wildman–Crippen LogP) is 3.92. The minimum Gasteiger partial charge on any atom is -0.373 e. The second kappa shape index (κ2) is 12.2. The molecule has 2 rings (SSSR count). The van der Waals surface area contributed by atoms with Gasteiger partial charge in [-0.25, -0.2) is 0 Å². The highest BCUT2D eigenvalue weighted by Crippen LogP contribution is 2.44. The first kappa shape index (κ1) is 26.9. The van der Waals surface area contributed by atoms with Crippen molar-refractivity contribution in [2.24, 2.45) is 0 Å². The summed E-state index contributed by atoms with van der Waals surface area (Å²) in [6, 6.07) is 12.5. The Morgan fingerprint density at radius 3 is 1.13 bits per heavy atom. The first-order valence-electron chi connectivity index (χ1n) is 9.39. The van der Waals surface area contributed by atoms with Gasteiger partial charge in [0.2, 0.25) is 0 Å². The maximum atomic E-state index is 5.61. The first-order chi connectivity index (χ1) is 14.8. The van der Waals surface area contributed by atoms with Gasteiger partial charge >= 0.3 is 17.6 Å². The van der Waals surface area contributed by atoms with Crippen LogP contribution in [0.5, 0.6) is 0 Å². The molecule has 0 atom stereocenters. The van der Waals surface area contributed by atoms with Crippen LogP contribution in [0.3, 0.4) is 0 Å². The van der Waals surface area contributed by atoms with E-state index in [1.165, 1.54) is 0 Å². The Morgan fingerprint density at radius 2 is 0.871 bits per heavy atom. The van der Waals surface area contributed by atoms with Gasteiger partial charge in [-0.15, -0.1) is 0 Å². The van der Waals surface area contributed by atoms with Crippen molar-refractivity contribution in [3.63, 3.8) is 0 Å². The smallest absolute Gasteiger partial charge is 0.373 e.